The van der Waals surface area contributed by atoms with Gasteiger partial charge >= 0.3 is 0 Å². The largest absolute Gasteiger partial charge is 0.330 e. The zero-order chi connectivity index (χ0) is 20.1. The Hall–Kier alpha value is -2.38. The lowest BCUT2D eigenvalue weighted by Crippen LogP contribution is -2.23. The number of hydrogen-bond acceptors (Lipinski definition) is 6. The van der Waals surface area contributed by atoms with Gasteiger partial charge in [0.15, 0.2) is 4.34 Å². The molecule has 2 aromatic carbocycles. The number of thioether (sulfide) groups is 1. The van der Waals surface area contributed by atoms with Crippen molar-refractivity contribution < 1.29 is 4.79 Å². The van der Waals surface area contributed by atoms with Gasteiger partial charge in [0, 0.05) is 11.4 Å². The molecule has 28 heavy (non-hydrogen) atoms. The molecule has 7 heteroatoms. The lowest BCUT2D eigenvalue weighted by molar-refractivity contribution is -0.115. The minimum absolute atomic E-state index is 0.0403. The molecule has 0 fully saturated rings. The van der Waals surface area contributed by atoms with E-state index in [1.54, 1.807) is 0 Å². The van der Waals surface area contributed by atoms with Crippen LogP contribution in [-0.2, 0) is 4.79 Å². The monoisotopic (exact) mass is 412 g/mol. The predicted molar refractivity (Wildman–Crippen MR) is 119 cm³/mol. The van der Waals surface area contributed by atoms with Crippen LogP contribution in [0.2, 0.25) is 0 Å². The quantitative estimate of drug-likeness (QED) is 0.478. The maximum Gasteiger partial charge on any atom is 0.237 e. The zero-order valence-corrected chi connectivity index (χ0v) is 18.0. The summed E-state index contributed by atoms with van der Waals surface area (Å²) in [5.74, 6) is 0.305. The molecule has 0 unspecified atom stereocenters. The topological polar surface area (TPSA) is 66.9 Å². The van der Waals surface area contributed by atoms with Crippen molar-refractivity contribution in [2.45, 2.75) is 43.2 Å². The van der Waals surface area contributed by atoms with Crippen LogP contribution in [0.25, 0.3) is 0 Å². The van der Waals surface area contributed by atoms with Crippen molar-refractivity contribution in [3.05, 3.63) is 59.7 Å². The summed E-state index contributed by atoms with van der Waals surface area (Å²) in [6, 6.07) is 16.0. The van der Waals surface area contributed by atoms with Crippen LogP contribution >= 0.6 is 23.1 Å². The fourth-order valence-corrected chi connectivity index (χ4v) is 4.62. The Balaban J connectivity index is 1.61. The van der Waals surface area contributed by atoms with Gasteiger partial charge in [-0.25, -0.2) is 0 Å². The summed E-state index contributed by atoms with van der Waals surface area (Å²) in [5.41, 5.74) is 4.16. The standard InChI is InChI=1S/C21H24N4OS2/c1-13(2)17-10-5-6-11-18(17)23-19(26)15(4)27-21-25-24-20(28-21)22-16-9-7-8-14(3)12-16/h5-13,15H,1-4H3,(H,22,24)(H,23,26)/t15-/m0/s1. The van der Waals surface area contributed by atoms with E-state index < -0.39 is 0 Å². The van der Waals surface area contributed by atoms with Gasteiger partial charge in [0.05, 0.1) is 5.25 Å². The van der Waals surface area contributed by atoms with Gasteiger partial charge in [-0.3, -0.25) is 4.79 Å². The lowest BCUT2D eigenvalue weighted by atomic mass is 10.0. The maximum atomic E-state index is 12.6. The number of anilines is 3. The molecule has 2 N–H and O–H groups in total. The number of hydrogen-bond donors (Lipinski definition) is 2. The van der Waals surface area contributed by atoms with Crippen molar-refractivity contribution in [3.63, 3.8) is 0 Å². The van der Waals surface area contributed by atoms with Crippen molar-refractivity contribution in [2.24, 2.45) is 0 Å². The molecule has 0 bridgehead atoms. The third kappa shape index (κ3) is 5.33. The fourth-order valence-electron chi connectivity index (χ4n) is 2.71. The summed E-state index contributed by atoms with van der Waals surface area (Å²) in [7, 11) is 0. The third-order valence-corrected chi connectivity index (χ3v) is 6.19. The molecule has 3 rings (SSSR count). The van der Waals surface area contributed by atoms with E-state index in [9.17, 15) is 4.79 Å². The highest BCUT2D eigenvalue weighted by molar-refractivity contribution is 8.02. The van der Waals surface area contributed by atoms with Gasteiger partial charge in [-0.15, -0.1) is 10.2 Å². The SMILES string of the molecule is Cc1cccc(Nc2nnc(S[C@@H](C)C(=O)Nc3ccccc3C(C)C)s2)c1. The van der Waals surface area contributed by atoms with E-state index in [-0.39, 0.29) is 11.2 Å². The second-order valence-corrected chi connectivity index (χ2v) is 9.42. The normalized spacial score (nSPS) is 12.0. The van der Waals surface area contributed by atoms with E-state index in [0.29, 0.717) is 11.0 Å². The van der Waals surface area contributed by atoms with Crippen LogP contribution in [0, 0.1) is 6.92 Å². The zero-order valence-electron chi connectivity index (χ0n) is 16.4. The Bertz CT molecular complexity index is 955. The highest BCUT2D eigenvalue weighted by Gasteiger charge is 2.19. The van der Waals surface area contributed by atoms with E-state index in [2.05, 4.69) is 40.7 Å². The summed E-state index contributed by atoms with van der Waals surface area (Å²) in [5, 5.41) is 15.1. The molecule has 3 aromatic rings. The van der Waals surface area contributed by atoms with Crippen LogP contribution < -0.4 is 10.6 Å². The number of nitrogens with zero attached hydrogens (tertiary/aromatic N) is 2. The molecule has 0 aliphatic rings. The molecule has 0 aliphatic carbocycles. The molecular formula is C21H24N4OS2. The smallest absolute Gasteiger partial charge is 0.237 e. The number of amides is 1. The van der Waals surface area contributed by atoms with Crippen LogP contribution in [-0.4, -0.2) is 21.4 Å². The highest BCUT2D eigenvalue weighted by Crippen LogP contribution is 2.31. The summed E-state index contributed by atoms with van der Waals surface area (Å²) in [4.78, 5) is 12.6. The number of rotatable bonds is 7. The Morgan fingerprint density at radius 3 is 2.61 bits per heavy atom. The third-order valence-electron chi connectivity index (χ3n) is 4.16. The molecule has 0 radical (unpaired) electrons. The van der Waals surface area contributed by atoms with E-state index in [1.165, 1.54) is 28.7 Å². The molecule has 1 atom stereocenters. The fraction of sp³-hybridized carbons (Fsp3) is 0.286. The second kappa shape index (κ2) is 9.21. The average Bonchev–Trinajstić information content (AvgIpc) is 3.08. The summed E-state index contributed by atoms with van der Waals surface area (Å²) in [6.45, 7) is 8.16. The van der Waals surface area contributed by atoms with Crippen LogP contribution in [0.1, 0.15) is 37.8 Å². The highest BCUT2D eigenvalue weighted by atomic mass is 32.2. The molecule has 0 aliphatic heterocycles. The van der Waals surface area contributed by atoms with E-state index in [1.807, 2.05) is 56.3 Å². The van der Waals surface area contributed by atoms with Crippen molar-refractivity contribution in [3.8, 4) is 0 Å². The van der Waals surface area contributed by atoms with Gasteiger partial charge in [-0.2, -0.15) is 0 Å². The average molecular weight is 413 g/mol. The van der Waals surface area contributed by atoms with Crippen molar-refractivity contribution in [1.29, 1.82) is 0 Å². The first kappa shape index (κ1) is 20.4. The van der Waals surface area contributed by atoms with E-state index >= 15 is 0 Å². The molecular weight excluding hydrogens is 388 g/mol. The second-order valence-electron chi connectivity index (χ2n) is 6.86. The maximum absolute atomic E-state index is 12.6. The van der Waals surface area contributed by atoms with Crippen molar-refractivity contribution >= 4 is 45.5 Å². The van der Waals surface area contributed by atoms with Crippen LogP contribution in [0.4, 0.5) is 16.5 Å². The van der Waals surface area contributed by atoms with Gasteiger partial charge in [0.25, 0.3) is 0 Å². The number of carbonyl (C=O) groups excluding carboxylic acids is 1. The summed E-state index contributed by atoms with van der Waals surface area (Å²) >= 11 is 2.86. The number of aryl methyl sites for hydroxylation is 1. The minimum Gasteiger partial charge on any atom is -0.330 e. The Morgan fingerprint density at radius 2 is 1.86 bits per heavy atom. The number of benzene rings is 2. The lowest BCUT2D eigenvalue weighted by Gasteiger charge is -2.15. The molecule has 1 heterocycles. The van der Waals surface area contributed by atoms with Gasteiger partial charge in [0.1, 0.15) is 0 Å². The Morgan fingerprint density at radius 1 is 1.07 bits per heavy atom. The minimum atomic E-state index is -0.278. The Labute approximate surface area is 174 Å². The summed E-state index contributed by atoms with van der Waals surface area (Å²) in [6.07, 6.45) is 0. The first-order valence-corrected chi connectivity index (χ1v) is 10.9. The molecule has 0 saturated heterocycles. The molecule has 0 saturated carbocycles. The van der Waals surface area contributed by atoms with Gasteiger partial charge in [-0.05, 0) is 49.1 Å². The van der Waals surface area contributed by atoms with Crippen LogP contribution in [0.5, 0.6) is 0 Å². The first-order valence-electron chi connectivity index (χ1n) is 9.16. The Kier molecular flexibility index (Phi) is 6.70. The number of aromatic nitrogens is 2. The molecule has 146 valence electrons. The molecule has 5 nitrogen and oxygen atoms in total. The number of carbonyl (C=O) groups is 1. The van der Waals surface area contributed by atoms with Crippen molar-refractivity contribution in [1.82, 2.24) is 10.2 Å². The van der Waals surface area contributed by atoms with Gasteiger partial charge in [0.2, 0.25) is 11.0 Å². The van der Waals surface area contributed by atoms with Crippen LogP contribution in [0.3, 0.4) is 0 Å². The molecule has 1 amide bonds. The number of nitrogens with one attached hydrogen (secondary N) is 2. The van der Waals surface area contributed by atoms with Crippen LogP contribution in [0.15, 0.2) is 52.9 Å². The first-order chi connectivity index (χ1) is 13.4. The predicted octanol–water partition coefficient (Wildman–Crippen LogP) is 5.83. The van der Waals surface area contributed by atoms with Crippen molar-refractivity contribution in [2.75, 3.05) is 10.6 Å². The van der Waals surface area contributed by atoms with Gasteiger partial charge in [-0.1, -0.05) is 67.3 Å². The van der Waals surface area contributed by atoms with E-state index in [0.717, 1.165) is 21.3 Å². The molecule has 0 spiro atoms. The van der Waals surface area contributed by atoms with E-state index in [4.69, 9.17) is 0 Å². The van der Waals surface area contributed by atoms with Gasteiger partial charge < -0.3 is 10.6 Å². The number of para-hydroxylation sites is 1. The summed E-state index contributed by atoms with van der Waals surface area (Å²) < 4.78 is 0.759. The molecule has 1 aromatic heterocycles.